The molecule has 0 radical (unpaired) electrons. The standard InChI is InChI=1S/C6H12O6.K.H3O4P/c7-1-3(9)5(11)6(12)4(10)2-8;;1-5(2,3)4/h1,3-6,8-12H,2H2;;(H3,1,2,3,4)/q;+1;/p-1. The van der Waals surface area contributed by atoms with Crippen molar-refractivity contribution in [3.63, 3.8) is 0 Å². The van der Waals surface area contributed by atoms with E-state index in [-0.39, 0.29) is 57.7 Å². The molecule has 0 aromatic heterocycles. The van der Waals surface area contributed by atoms with Crippen molar-refractivity contribution < 1.29 is 101 Å². The molecule has 0 amide bonds. The average Bonchev–Trinajstić information content (AvgIpc) is 2.22. The summed E-state index contributed by atoms with van der Waals surface area (Å²) in [6.45, 7) is -0.760. The van der Waals surface area contributed by atoms with Gasteiger partial charge < -0.3 is 45.0 Å². The van der Waals surface area contributed by atoms with Crippen LogP contribution in [0.2, 0.25) is 0 Å². The first-order chi connectivity index (χ1) is 7.54. The van der Waals surface area contributed by atoms with Crippen LogP contribution >= 0.6 is 7.82 Å². The van der Waals surface area contributed by atoms with Crippen LogP contribution in [0.5, 0.6) is 0 Å². The molecule has 18 heavy (non-hydrogen) atoms. The van der Waals surface area contributed by atoms with Crippen molar-refractivity contribution in [1.29, 1.82) is 0 Å². The van der Waals surface area contributed by atoms with Crippen molar-refractivity contribution in [1.82, 2.24) is 0 Å². The number of aldehydes is 1. The van der Waals surface area contributed by atoms with Crippen LogP contribution in [0.1, 0.15) is 0 Å². The maximum atomic E-state index is 9.90. The molecule has 0 saturated carbocycles. The number of hydrogen-bond donors (Lipinski definition) is 7. The maximum absolute atomic E-state index is 9.90. The Kier molecular flexibility index (Phi) is 16.2. The summed E-state index contributed by atoms with van der Waals surface area (Å²) >= 11 is 0. The fourth-order valence-electron chi connectivity index (χ4n) is 0.618. The van der Waals surface area contributed by atoms with E-state index >= 15 is 0 Å². The van der Waals surface area contributed by atoms with E-state index in [0.29, 0.717) is 0 Å². The summed E-state index contributed by atoms with van der Waals surface area (Å²) in [7, 11) is -4.89. The van der Waals surface area contributed by atoms with E-state index in [4.69, 9.17) is 44.8 Å². The molecule has 0 fully saturated rings. The largest absolute Gasteiger partial charge is 1.00 e. The number of carbonyl (C=O) groups is 1. The first kappa shape index (κ1) is 24.2. The van der Waals surface area contributed by atoms with E-state index in [9.17, 15) is 4.79 Å². The van der Waals surface area contributed by atoms with Crippen molar-refractivity contribution in [2.75, 3.05) is 6.61 Å². The van der Waals surface area contributed by atoms with Crippen LogP contribution in [0.3, 0.4) is 0 Å². The normalized spacial score (nSPS) is 17.3. The van der Waals surface area contributed by atoms with Crippen LogP contribution in [0.25, 0.3) is 0 Å². The van der Waals surface area contributed by atoms with Crippen molar-refractivity contribution in [3.05, 3.63) is 0 Å². The van der Waals surface area contributed by atoms with Crippen molar-refractivity contribution >= 4 is 14.1 Å². The Bertz CT molecular complexity index is 248. The van der Waals surface area contributed by atoms with Crippen LogP contribution < -0.4 is 56.3 Å². The molecular formula is C6H14KO10P. The topological polar surface area (TPSA) is 199 Å². The van der Waals surface area contributed by atoms with Gasteiger partial charge >= 0.3 is 51.4 Å². The summed E-state index contributed by atoms with van der Waals surface area (Å²) in [6, 6.07) is 0. The van der Waals surface area contributed by atoms with Gasteiger partial charge in [0.25, 0.3) is 7.82 Å². The minimum atomic E-state index is -4.89. The van der Waals surface area contributed by atoms with Gasteiger partial charge in [-0.2, -0.15) is 0 Å². The molecule has 0 aromatic rings. The molecular weight excluding hydrogens is 302 g/mol. The molecule has 0 bridgehead atoms. The Morgan fingerprint density at radius 1 is 1.11 bits per heavy atom. The number of phosphoric acid groups is 1. The molecule has 0 aliphatic carbocycles. The summed E-state index contributed by atoms with van der Waals surface area (Å²) in [5.41, 5.74) is 0. The zero-order chi connectivity index (χ0) is 14.2. The van der Waals surface area contributed by atoms with Gasteiger partial charge in [-0.25, -0.2) is 0 Å². The number of aliphatic hydroxyl groups excluding tert-OH is 5. The molecule has 7 N–H and O–H groups in total. The van der Waals surface area contributed by atoms with Gasteiger partial charge in [-0.1, -0.05) is 0 Å². The molecule has 0 aliphatic heterocycles. The molecule has 10 nitrogen and oxygen atoms in total. The fourth-order valence-corrected chi connectivity index (χ4v) is 0.618. The third kappa shape index (κ3) is 15.3. The van der Waals surface area contributed by atoms with Gasteiger partial charge in [0.2, 0.25) is 0 Å². The molecule has 4 atom stereocenters. The smallest absolute Gasteiger partial charge is 0.756 e. The summed E-state index contributed by atoms with van der Waals surface area (Å²) < 4.78 is 8.77. The zero-order valence-electron chi connectivity index (χ0n) is 9.40. The molecule has 0 heterocycles. The summed E-state index contributed by atoms with van der Waals surface area (Å²) in [4.78, 5) is 32.8. The van der Waals surface area contributed by atoms with Gasteiger partial charge in [0, 0.05) is 0 Å². The minimum absolute atomic E-state index is 0. The van der Waals surface area contributed by atoms with Crippen LogP contribution in [-0.4, -0.2) is 72.6 Å². The SMILES string of the molecule is O=CC(O)C(O)C(O)C(O)CO.O=P([O-])(O)O.[K+]. The summed E-state index contributed by atoms with van der Waals surface area (Å²) in [5.74, 6) is 0. The van der Waals surface area contributed by atoms with Gasteiger partial charge in [-0.3, -0.25) is 4.57 Å². The predicted octanol–water partition coefficient (Wildman–Crippen LogP) is -7.94. The van der Waals surface area contributed by atoms with Crippen LogP contribution in [0.4, 0.5) is 0 Å². The van der Waals surface area contributed by atoms with E-state index in [2.05, 4.69) is 0 Å². The third-order valence-electron chi connectivity index (χ3n) is 1.42. The van der Waals surface area contributed by atoms with Crippen LogP contribution in [-0.2, 0) is 9.36 Å². The van der Waals surface area contributed by atoms with Crippen molar-refractivity contribution in [2.24, 2.45) is 0 Å². The molecule has 4 unspecified atom stereocenters. The van der Waals surface area contributed by atoms with E-state index in [1.807, 2.05) is 0 Å². The second-order valence-corrected chi connectivity index (χ2v) is 3.83. The molecule has 0 rings (SSSR count). The Morgan fingerprint density at radius 3 is 1.67 bits per heavy atom. The Labute approximate surface area is 145 Å². The Balaban J connectivity index is -0.000000321. The quantitative estimate of drug-likeness (QED) is 0.145. The van der Waals surface area contributed by atoms with Crippen LogP contribution in [0, 0.1) is 0 Å². The second kappa shape index (κ2) is 12.0. The molecule has 0 aliphatic rings. The van der Waals surface area contributed by atoms with Gasteiger partial charge in [0.05, 0.1) is 6.61 Å². The number of hydrogen-bond acceptors (Lipinski definition) is 8. The molecule has 0 aromatic carbocycles. The zero-order valence-corrected chi connectivity index (χ0v) is 13.4. The number of carbonyl (C=O) groups excluding carboxylic acids is 1. The maximum Gasteiger partial charge on any atom is 1.00 e. The summed E-state index contributed by atoms with van der Waals surface area (Å²) in [5, 5.41) is 43.5. The fraction of sp³-hybridized carbons (Fsp3) is 0.833. The third-order valence-corrected chi connectivity index (χ3v) is 1.42. The van der Waals surface area contributed by atoms with Gasteiger partial charge in [0.15, 0.2) is 6.29 Å². The van der Waals surface area contributed by atoms with E-state index in [1.165, 1.54) is 0 Å². The first-order valence-electron chi connectivity index (χ1n) is 4.09. The first-order valence-corrected chi connectivity index (χ1v) is 5.62. The van der Waals surface area contributed by atoms with E-state index < -0.39 is 38.8 Å². The van der Waals surface area contributed by atoms with E-state index in [0.717, 1.165) is 0 Å². The van der Waals surface area contributed by atoms with Crippen LogP contribution in [0.15, 0.2) is 0 Å². The summed E-state index contributed by atoms with van der Waals surface area (Å²) in [6.07, 6.45) is -6.84. The Morgan fingerprint density at radius 2 is 1.44 bits per heavy atom. The average molecular weight is 316 g/mol. The van der Waals surface area contributed by atoms with Crippen molar-refractivity contribution in [2.45, 2.75) is 24.4 Å². The van der Waals surface area contributed by atoms with Crippen molar-refractivity contribution in [3.8, 4) is 0 Å². The number of aliphatic hydroxyl groups is 5. The van der Waals surface area contributed by atoms with Gasteiger partial charge in [-0.05, 0) is 0 Å². The molecule has 104 valence electrons. The minimum Gasteiger partial charge on any atom is -0.756 e. The molecule has 12 heteroatoms. The monoisotopic (exact) mass is 316 g/mol. The number of rotatable bonds is 5. The van der Waals surface area contributed by atoms with E-state index in [1.54, 1.807) is 0 Å². The molecule has 0 saturated heterocycles. The predicted molar refractivity (Wildman–Crippen MR) is 49.2 cm³/mol. The van der Waals surface area contributed by atoms with Gasteiger partial charge in [0.1, 0.15) is 24.4 Å². The van der Waals surface area contributed by atoms with Gasteiger partial charge in [-0.15, -0.1) is 0 Å². The molecule has 0 spiro atoms. The Hall–Kier alpha value is 1.22. The second-order valence-electron chi connectivity index (χ2n) is 2.85.